The van der Waals surface area contributed by atoms with E-state index in [2.05, 4.69) is 12.1 Å². The molecule has 2 nitrogen and oxygen atoms in total. The lowest BCUT2D eigenvalue weighted by atomic mass is 9.89. The molecule has 2 atom stereocenters. The number of nitrogens with two attached hydrogens (primary N) is 1. The van der Waals surface area contributed by atoms with E-state index in [1.54, 1.807) is 0 Å². The Labute approximate surface area is 127 Å². The second-order valence-corrected chi connectivity index (χ2v) is 5.53. The van der Waals surface area contributed by atoms with Crippen LogP contribution in [0.5, 0.6) is 0 Å². The van der Waals surface area contributed by atoms with Gasteiger partial charge in [0.15, 0.2) is 0 Å². The Bertz CT molecular complexity index is 550. The van der Waals surface area contributed by atoms with E-state index < -0.39 is 0 Å². The molecule has 2 unspecified atom stereocenters. The first-order valence-electron chi connectivity index (χ1n) is 7.55. The largest absolute Gasteiger partial charge is 0.323 e. The van der Waals surface area contributed by atoms with Gasteiger partial charge in [0, 0.05) is 18.4 Å². The fourth-order valence-electron chi connectivity index (χ4n) is 2.50. The van der Waals surface area contributed by atoms with E-state index in [-0.39, 0.29) is 17.7 Å². The molecule has 2 rings (SSSR count). The van der Waals surface area contributed by atoms with Crippen molar-refractivity contribution in [1.29, 1.82) is 0 Å². The normalized spacial score (nSPS) is 13.6. The van der Waals surface area contributed by atoms with Crippen molar-refractivity contribution in [3.05, 3.63) is 71.8 Å². The first-order valence-corrected chi connectivity index (χ1v) is 7.55. The zero-order valence-corrected chi connectivity index (χ0v) is 12.5. The molecule has 2 aromatic carbocycles. The molecule has 0 radical (unpaired) electrons. The molecule has 0 aliphatic carbocycles. The molecule has 0 heterocycles. The third kappa shape index (κ3) is 4.54. The van der Waals surface area contributed by atoms with Crippen LogP contribution in [-0.2, 0) is 11.2 Å². The maximum atomic E-state index is 12.3. The van der Waals surface area contributed by atoms with Crippen molar-refractivity contribution in [3.8, 4) is 0 Å². The van der Waals surface area contributed by atoms with Crippen LogP contribution in [0.2, 0.25) is 0 Å². The van der Waals surface area contributed by atoms with Gasteiger partial charge in [0.1, 0.15) is 5.78 Å². The summed E-state index contributed by atoms with van der Waals surface area (Å²) in [5.74, 6) is 0.116. The van der Waals surface area contributed by atoms with Gasteiger partial charge in [-0.2, -0.15) is 0 Å². The second kappa shape index (κ2) is 7.75. The average molecular weight is 281 g/mol. The van der Waals surface area contributed by atoms with Crippen molar-refractivity contribution in [2.75, 3.05) is 0 Å². The van der Waals surface area contributed by atoms with Crippen LogP contribution in [0.3, 0.4) is 0 Å². The zero-order chi connectivity index (χ0) is 15.1. The summed E-state index contributed by atoms with van der Waals surface area (Å²) in [6.07, 6.45) is 2.42. The molecule has 0 saturated heterocycles. The SMILES string of the molecule is CC(C(=O)CCCc1ccccc1)C(N)c1ccccc1. The molecule has 0 fully saturated rings. The quantitative estimate of drug-likeness (QED) is 0.836. The van der Waals surface area contributed by atoms with Crippen molar-refractivity contribution < 1.29 is 4.79 Å². The summed E-state index contributed by atoms with van der Waals surface area (Å²) in [5.41, 5.74) is 8.51. The van der Waals surface area contributed by atoms with Gasteiger partial charge in [-0.1, -0.05) is 67.6 Å². The summed E-state index contributed by atoms with van der Waals surface area (Å²) in [6, 6.07) is 19.9. The average Bonchev–Trinajstić information content (AvgIpc) is 2.55. The highest BCUT2D eigenvalue weighted by Gasteiger charge is 2.21. The monoisotopic (exact) mass is 281 g/mol. The highest BCUT2D eigenvalue weighted by molar-refractivity contribution is 5.81. The lowest BCUT2D eigenvalue weighted by Gasteiger charge is -2.19. The van der Waals surface area contributed by atoms with Gasteiger partial charge in [-0.15, -0.1) is 0 Å². The number of benzene rings is 2. The first kappa shape index (κ1) is 15.5. The smallest absolute Gasteiger partial charge is 0.137 e. The van der Waals surface area contributed by atoms with E-state index in [0.717, 1.165) is 18.4 Å². The van der Waals surface area contributed by atoms with Crippen molar-refractivity contribution in [2.45, 2.75) is 32.2 Å². The molecule has 110 valence electrons. The minimum Gasteiger partial charge on any atom is -0.323 e. The lowest BCUT2D eigenvalue weighted by molar-refractivity contribution is -0.123. The Balaban J connectivity index is 1.82. The minimum atomic E-state index is -0.213. The molecule has 0 saturated carbocycles. The van der Waals surface area contributed by atoms with Crippen LogP contribution in [0, 0.1) is 5.92 Å². The molecule has 0 spiro atoms. The van der Waals surface area contributed by atoms with E-state index >= 15 is 0 Å². The Morgan fingerprint density at radius 1 is 1.00 bits per heavy atom. The second-order valence-electron chi connectivity index (χ2n) is 5.53. The molecule has 0 bridgehead atoms. The Morgan fingerprint density at radius 2 is 1.57 bits per heavy atom. The molecule has 2 aromatic rings. The number of Topliss-reactive ketones (excluding diaryl/α,β-unsaturated/α-hetero) is 1. The van der Waals surface area contributed by atoms with Crippen molar-refractivity contribution in [2.24, 2.45) is 11.7 Å². The summed E-state index contributed by atoms with van der Waals surface area (Å²) in [4.78, 5) is 12.3. The van der Waals surface area contributed by atoms with Crippen molar-refractivity contribution >= 4 is 5.78 Å². The summed E-state index contributed by atoms with van der Waals surface area (Å²) in [6.45, 7) is 1.93. The number of hydrogen-bond donors (Lipinski definition) is 1. The molecule has 0 aliphatic heterocycles. The van der Waals surface area contributed by atoms with Gasteiger partial charge >= 0.3 is 0 Å². The molecule has 2 N–H and O–H groups in total. The number of ketones is 1. The van der Waals surface area contributed by atoms with E-state index in [1.165, 1.54) is 5.56 Å². The third-order valence-corrected chi connectivity index (χ3v) is 3.96. The maximum absolute atomic E-state index is 12.3. The molecular formula is C19H23NO. The molecule has 0 aromatic heterocycles. The lowest BCUT2D eigenvalue weighted by Crippen LogP contribution is -2.26. The van der Waals surface area contributed by atoms with Gasteiger partial charge in [0.05, 0.1) is 0 Å². The highest BCUT2D eigenvalue weighted by Crippen LogP contribution is 2.21. The van der Waals surface area contributed by atoms with Gasteiger partial charge in [-0.05, 0) is 24.0 Å². The molecular weight excluding hydrogens is 258 g/mol. The molecule has 0 aliphatic rings. The first-order chi connectivity index (χ1) is 10.2. The number of hydrogen-bond acceptors (Lipinski definition) is 2. The minimum absolute atomic E-state index is 0.136. The molecule has 0 amide bonds. The van der Waals surface area contributed by atoms with Gasteiger partial charge in [-0.25, -0.2) is 0 Å². The Morgan fingerprint density at radius 3 is 2.19 bits per heavy atom. The van der Waals surface area contributed by atoms with Gasteiger partial charge in [0.2, 0.25) is 0 Å². The van der Waals surface area contributed by atoms with Crippen LogP contribution in [0.25, 0.3) is 0 Å². The fourth-order valence-corrected chi connectivity index (χ4v) is 2.50. The number of aryl methyl sites for hydroxylation is 1. The van der Waals surface area contributed by atoms with Crippen LogP contribution in [-0.4, -0.2) is 5.78 Å². The maximum Gasteiger partial charge on any atom is 0.137 e. The number of carbonyl (C=O) groups excluding carboxylic acids is 1. The van der Waals surface area contributed by atoms with Gasteiger partial charge < -0.3 is 5.73 Å². The standard InChI is InChI=1S/C19H23NO/c1-15(19(20)17-12-6-3-7-13-17)18(21)14-8-11-16-9-4-2-5-10-16/h2-7,9-10,12-13,15,19H,8,11,14,20H2,1H3. The van der Waals surface area contributed by atoms with Crippen molar-refractivity contribution in [3.63, 3.8) is 0 Å². The topological polar surface area (TPSA) is 43.1 Å². The van der Waals surface area contributed by atoms with Gasteiger partial charge in [-0.3, -0.25) is 4.79 Å². The predicted molar refractivity (Wildman–Crippen MR) is 86.9 cm³/mol. The van der Waals surface area contributed by atoms with Crippen LogP contribution >= 0.6 is 0 Å². The Kier molecular flexibility index (Phi) is 5.70. The summed E-state index contributed by atoms with van der Waals surface area (Å²) < 4.78 is 0. The van der Waals surface area contributed by atoms with Crippen LogP contribution in [0.4, 0.5) is 0 Å². The van der Waals surface area contributed by atoms with Crippen LogP contribution < -0.4 is 5.73 Å². The van der Waals surface area contributed by atoms with Crippen LogP contribution in [0.1, 0.15) is 36.9 Å². The fraction of sp³-hybridized carbons (Fsp3) is 0.316. The highest BCUT2D eigenvalue weighted by atomic mass is 16.1. The van der Waals surface area contributed by atoms with E-state index in [4.69, 9.17) is 5.73 Å². The number of carbonyl (C=O) groups is 1. The van der Waals surface area contributed by atoms with E-state index in [1.807, 2.05) is 55.5 Å². The van der Waals surface area contributed by atoms with Crippen LogP contribution in [0.15, 0.2) is 60.7 Å². The van der Waals surface area contributed by atoms with E-state index in [9.17, 15) is 4.79 Å². The number of rotatable bonds is 7. The van der Waals surface area contributed by atoms with E-state index in [0.29, 0.717) is 6.42 Å². The molecule has 2 heteroatoms. The molecule has 21 heavy (non-hydrogen) atoms. The third-order valence-electron chi connectivity index (χ3n) is 3.96. The van der Waals surface area contributed by atoms with Gasteiger partial charge in [0.25, 0.3) is 0 Å². The summed E-state index contributed by atoms with van der Waals surface area (Å²) in [7, 11) is 0. The Hall–Kier alpha value is -1.93. The predicted octanol–water partition coefficient (Wildman–Crippen LogP) is 3.91. The summed E-state index contributed by atoms with van der Waals surface area (Å²) in [5, 5.41) is 0. The summed E-state index contributed by atoms with van der Waals surface area (Å²) >= 11 is 0. The van der Waals surface area contributed by atoms with Crippen molar-refractivity contribution in [1.82, 2.24) is 0 Å². The zero-order valence-electron chi connectivity index (χ0n) is 12.5.